The van der Waals surface area contributed by atoms with Gasteiger partial charge in [0.25, 0.3) is 0 Å². The lowest BCUT2D eigenvalue weighted by atomic mass is 9.93. The number of nitriles is 1. The lowest BCUT2D eigenvalue weighted by Crippen LogP contribution is -2.33. The topological polar surface area (TPSA) is 119 Å². The third-order valence-corrected chi connectivity index (χ3v) is 7.20. The van der Waals surface area contributed by atoms with E-state index in [0.29, 0.717) is 40.2 Å². The Morgan fingerprint density at radius 1 is 1.22 bits per heavy atom. The van der Waals surface area contributed by atoms with E-state index in [1.54, 1.807) is 6.20 Å². The maximum absolute atomic E-state index is 12.1. The van der Waals surface area contributed by atoms with Crippen molar-refractivity contribution in [2.75, 3.05) is 31.3 Å². The Morgan fingerprint density at radius 3 is 2.80 bits per heavy atom. The largest absolute Gasteiger partial charge is 0.490 e. The number of carbonyl (C=O) groups is 1. The predicted molar refractivity (Wildman–Crippen MR) is 162 cm³/mol. The van der Waals surface area contributed by atoms with Crippen molar-refractivity contribution in [3.8, 4) is 23.1 Å². The molecule has 2 aromatic carbocycles. The van der Waals surface area contributed by atoms with Gasteiger partial charge < -0.3 is 25.3 Å². The molecular weight excluding hydrogens is 538 g/mol. The maximum atomic E-state index is 12.1. The van der Waals surface area contributed by atoms with E-state index >= 15 is 0 Å². The molecule has 1 aliphatic carbocycles. The van der Waals surface area contributed by atoms with Crippen molar-refractivity contribution in [3.05, 3.63) is 77.6 Å². The van der Waals surface area contributed by atoms with Gasteiger partial charge in [-0.1, -0.05) is 35.9 Å². The average molecular weight is 570 g/mol. The third-order valence-electron chi connectivity index (χ3n) is 6.92. The van der Waals surface area contributed by atoms with Crippen molar-refractivity contribution in [1.82, 2.24) is 19.9 Å². The summed E-state index contributed by atoms with van der Waals surface area (Å²) in [6.07, 6.45) is 8.65. The number of ether oxygens (including phenoxy) is 1. The monoisotopic (exact) mass is 569 g/mol. The number of fused-ring (bicyclic) bond motifs is 1. The molecule has 5 rings (SSSR count). The first-order valence-electron chi connectivity index (χ1n) is 13.6. The summed E-state index contributed by atoms with van der Waals surface area (Å²) in [5, 5.41) is 17.3. The van der Waals surface area contributed by atoms with E-state index in [-0.39, 0.29) is 18.1 Å². The van der Waals surface area contributed by atoms with Crippen molar-refractivity contribution in [1.29, 1.82) is 5.26 Å². The third kappa shape index (κ3) is 7.04. The summed E-state index contributed by atoms with van der Waals surface area (Å²) in [5.41, 5.74) is 3.17. The van der Waals surface area contributed by atoms with E-state index < -0.39 is 0 Å². The van der Waals surface area contributed by atoms with Gasteiger partial charge in [0.15, 0.2) is 0 Å². The Labute approximate surface area is 244 Å². The summed E-state index contributed by atoms with van der Waals surface area (Å²) in [5.74, 6) is 1.05. The van der Waals surface area contributed by atoms with Gasteiger partial charge in [-0.2, -0.15) is 5.26 Å². The maximum Gasteiger partial charge on any atom is 0.248 e. The van der Waals surface area contributed by atoms with Crippen LogP contribution in [0.5, 0.6) is 5.75 Å². The highest BCUT2D eigenvalue weighted by atomic mass is 35.5. The second-order valence-corrected chi connectivity index (χ2v) is 10.8. The van der Waals surface area contributed by atoms with Crippen LogP contribution < -0.4 is 15.4 Å². The van der Waals surface area contributed by atoms with Gasteiger partial charge in [-0.25, -0.2) is 9.97 Å². The van der Waals surface area contributed by atoms with Crippen molar-refractivity contribution in [2.45, 2.75) is 37.8 Å². The number of aromatic amines is 1. The zero-order valence-electron chi connectivity index (χ0n) is 23.0. The summed E-state index contributed by atoms with van der Waals surface area (Å²) < 4.78 is 6.28. The number of hydrogen-bond donors (Lipinski definition) is 3. The number of halogens is 1. The zero-order valence-corrected chi connectivity index (χ0v) is 23.8. The molecule has 210 valence electrons. The minimum absolute atomic E-state index is 0.0289. The minimum Gasteiger partial charge on any atom is -0.490 e. The fourth-order valence-electron chi connectivity index (χ4n) is 5.01. The zero-order chi connectivity index (χ0) is 28.8. The van der Waals surface area contributed by atoms with Gasteiger partial charge in [0.05, 0.1) is 16.9 Å². The number of para-hydroxylation sites is 1. The van der Waals surface area contributed by atoms with Crippen LogP contribution in [0, 0.1) is 11.3 Å². The number of nitrogens with zero attached hydrogens (tertiary/aromatic N) is 4. The fraction of sp³-hybridized carbons (Fsp3) is 0.290. The lowest BCUT2D eigenvalue weighted by molar-refractivity contribution is -0.111. The van der Waals surface area contributed by atoms with Crippen molar-refractivity contribution in [2.24, 2.45) is 0 Å². The van der Waals surface area contributed by atoms with Gasteiger partial charge in [-0.3, -0.25) is 4.79 Å². The number of benzene rings is 2. The SMILES string of the molecule is CN(C)C/C=C/C(=O)Nc1ccc(OC2CCCC(Nc3ncc(Cl)c(-c4c(C#N)[nH]c5ccccc45)n3)C2)cc1. The van der Waals surface area contributed by atoms with Gasteiger partial charge in [-0.15, -0.1) is 0 Å². The van der Waals surface area contributed by atoms with E-state index in [1.807, 2.05) is 73.6 Å². The second-order valence-electron chi connectivity index (χ2n) is 10.3. The van der Waals surface area contributed by atoms with E-state index in [0.717, 1.165) is 42.3 Å². The molecule has 9 nitrogen and oxygen atoms in total. The summed E-state index contributed by atoms with van der Waals surface area (Å²) in [7, 11) is 3.90. The molecule has 2 atom stereocenters. The quantitative estimate of drug-likeness (QED) is 0.211. The molecule has 0 saturated heterocycles. The molecule has 0 radical (unpaired) electrons. The van der Waals surface area contributed by atoms with Gasteiger partial charge in [0, 0.05) is 47.2 Å². The summed E-state index contributed by atoms with van der Waals surface area (Å²) in [4.78, 5) is 26.4. The number of aromatic nitrogens is 3. The number of nitrogens with one attached hydrogen (secondary N) is 3. The number of hydrogen-bond acceptors (Lipinski definition) is 7. The number of likely N-dealkylation sites (N-methyl/N-ethyl adjacent to an activating group) is 1. The lowest BCUT2D eigenvalue weighted by Gasteiger charge is -2.30. The van der Waals surface area contributed by atoms with Gasteiger partial charge in [0.2, 0.25) is 11.9 Å². The Balaban J connectivity index is 1.22. The molecule has 2 unspecified atom stereocenters. The second kappa shape index (κ2) is 12.9. The molecule has 0 spiro atoms. The molecule has 1 amide bonds. The van der Waals surface area contributed by atoms with Crippen LogP contribution in [0.15, 0.2) is 66.9 Å². The Morgan fingerprint density at radius 2 is 2.02 bits per heavy atom. The molecular formula is C31H32ClN7O2. The van der Waals surface area contributed by atoms with Crippen LogP contribution in [-0.4, -0.2) is 58.5 Å². The van der Waals surface area contributed by atoms with Crippen LogP contribution in [0.1, 0.15) is 31.4 Å². The smallest absolute Gasteiger partial charge is 0.248 e. The molecule has 1 saturated carbocycles. The first-order valence-corrected chi connectivity index (χ1v) is 14.0. The number of anilines is 2. The molecule has 10 heteroatoms. The Hall–Kier alpha value is -4.39. The number of amides is 1. The van der Waals surface area contributed by atoms with Crippen LogP contribution in [-0.2, 0) is 4.79 Å². The highest BCUT2D eigenvalue weighted by Crippen LogP contribution is 2.35. The molecule has 2 heterocycles. The van der Waals surface area contributed by atoms with Crippen LogP contribution in [0.3, 0.4) is 0 Å². The molecule has 3 N–H and O–H groups in total. The van der Waals surface area contributed by atoms with Crippen molar-refractivity contribution < 1.29 is 9.53 Å². The Bertz CT molecular complexity index is 1590. The van der Waals surface area contributed by atoms with Gasteiger partial charge in [-0.05, 0) is 63.7 Å². The van der Waals surface area contributed by atoms with Crippen LogP contribution in [0.2, 0.25) is 5.02 Å². The van der Waals surface area contributed by atoms with Gasteiger partial charge >= 0.3 is 0 Å². The molecule has 1 fully saturated rings. The van der Waals surface area contributed by atoms with Crippen LogP contribution >= 0.6 is 11.6 Å². The first-order chi connectivity index (χ1) is 19.9. The minimum atomic E-state index is -0.164. The molecule has 41 heavy (non-hydrogen) atoms. The summed E-state index contributed by atoms with van der Waals surface area (Å²) >= 11 is 6.52. The predicted octanol–water partition coefficient (Wildman–Crippen LogP) is 6.01. The highest BCUT2D eigenvalue weighted by molar-refractivity contribution is 6.33. The Kier molecular flexibility index (Phi) is 8.82. The number of H-pyrrole nitrogens is 1. The summed E-state index contributed by atoms with van der Waals surface area (Å²) in [6.45, 7) is 0.703. The van der Waals surface area contributed by atoms with E-state index in [9.17, 15) is 10.1 Å². The highest BCUT2D eigenvalue weighted by Gasteiger charge is 2.25. The van der Waals surface area contributed by atoms with Gasteiger partial charge in [0.1, 0.15) is 23.6 Å². The van der Waals surface area contributed by atoms with E-state index in [4.69, 9.17) is 21.3 Å². The molecule has 0 aliphatic heterocycles. The van der Waals surface area contributed by atoms with E-state index in [2.05, 4.69) is 26.7 Å². The first kappa shape index (κ1) is 28.1. The number of carbonyl (C=O) groups excluding carboxylic acids is 1. The summed E-state index contributed by atoms with van der Waals surface area (Å²) in [6, 6.07) is 17.5. The van der Waals surface area contributed by atoms with Crippen LogP contribution in [0.4, 0.5) is 11.6 Å². The molecule has 1 aliphatic rings. The normalized spacial score (nSPS) is 17.0. The van der Waals surface area contributed by atoms with Crippen molar-refractivity contribution in [3.63, 3.8) is 0 Å². The standard InChI is InChI=1S/C31H32ClN7O2/c1-39(2)16-6-11-28(40)35-20-12-14-22(15-13-20)41-23-8-5-7-21(17-23)36-31-34-19-25(32)30(38-31)29-24-9-3-4-10-26(24)37-27(29)18-33/h3-4,6,9-15,19,21,23,37H,5,7-8,16-17H2,1-2H3,(H,35,40)(H,34,36,38)/b11-6+. The molecule has 2 aromatic heterocycles. The van der Waals surface area contributed by atoms with Crippen molar-refractivity contribution >= 4 is 40.0 Å². The average Bonchev–Trinajstić information content (AvgIpc) is 3.34. The van der Waals surface area contributed by atoms with Crippen LogP contribution in [0.25, 0.3) is 22.2 Å². The fourth-order valence-corrected chi connectivity index (χ4v) is 5.20. The number of rotatable bonds is 9. The molecule has 0 bridgehead atoms. The molecule has 4 aromatic rings. The van der Waals surface area contributed by atoms with E-state index in [1.165, 1.54) is 6.08 Å².